The summed E-state index contributed by atoms with van der Waals surface area (Å²) in [6, 6.07) is 20.5. The van der Waals surface area contributed by atoms with Gasteiger partial charge in [0.25, 0.3) is 0 Å². The first-order chi connectivity index (χ1) is 12.1. The second-order valence-electron chi connectivity index (χ2n) is 5.51. The zero-order valence-corrected chi connectivity index (χ0v) is 14.5. The van der Waals surface area contributed by atoms with E-state index in [2.05, 4.69) is 10.5 Å². The molecule has 0 aliphatic carbocycles. The molecular weight excluding hydrogens is 335 g/mol. The van der Waals surface area contributed by atoms with Gasteiger partial charge in [0, 0.05) is 4.90 Å². The Bertz CT molecular complexity index is 940. The third-order valence-corrected chi connectivity index (χ3v) is 4.76. The third-order valence-electron chi connectivity index (χ3n) is 3.71. The molecule has 1 N–H and O–H groups in total. The lowest BCUT2D eigenvalue weighted by atomic mass is 10.0. The summed E-state index contributed by atoms with van der Waals surface area (Å²) in [6.07, 6.45) is 0. The Morgan fingerprint density at radius 1 is 1.04 bits per heavy atom. The molecule has 25 heavy (non-hydrogen) atoms. The molecule has 0 spiro atoms. The number of hydrogen-bond donors (Lipinski definition) is 1. The van der Waals surface area contributed by atoms with Crippen LogP contribution in [0.25, 0.3) is 10.8 Å². The molecule has 0 aliphatic heterocycles. The van der Waals surface area contributed by atoms with E-state index in [1.165, 1.54) is 6.07 Å². The van der Waals surface area contributed by atoms with Crippen LogP contribution in [-0.4, -0.2) is 17.4 Å². The van der Waals surface area contributed by atoms with Gasteiger partial charge in [0.2, 0.25) is 5.91 Å². The van der Waals surface area contributed by atoms with Crippen LogP contribution in [0.15, 0.2) is 76.7 Å². The molecule has 1 amide bonds. The van der Waals surface area contributed by atoms with Crippen LogP contribution in [0.4, 0.5) is 4.39 Å². The van der Waals surface area contributed by atoms with Gasteiger partial charge < -0.3 is 0 Å². The molecule has 5 heteroatoms. The fraction of sp³-hybridized carbons (Fsp3) is 0.100. The van der Waals surface area contributed by atoms with Crippen molar-refractivity contribution >= 4 is 34.2 Å². The highest BCUT2D eigenvalue weighted by Crippen LogP contribution is 2.20. The van der Waals surface area contributed by atoms with Gasteiger partial charge in [0.1, 0.15) is 5.82 Å². The van der Waals surface area contributed by atoms with E-state index in [9.17, 15) is 9.18 Å². The molecule has 0 aliphatic rings. The second-order valence-corrected chi connectivity index (χ2v) is 6.53. The van der Waals surface area contributed by atoms with Crippen LogP contribution >= 0.6 is 11.8 Å². The smallest absolute Gasteiger partial charge is 0.250 e. The highest BCUT2D eigenvalue weighted by Gasteiger charge is 2.06. The number of carbonyl (C=O) groups excluding carboxylic acids is 1. The van der Waals surface area contributed by atoms with Crippen molar-refractivity contribution in [2.24, 2.45) is 5.10 Å². The fourth-order valence-corrected chi connectivity index (χ4v) is 3.09. The monoisotopic (exact) mass is 352 g/mol. The van der Waals surface area contributed by atoms with Gasteiger partial charge in [-0.3, -0.25) is 4.79 Å². The molecule has 0 aromatic heterocycles. The van der Waals surface area contributed by atoms with Gasteiger partial charge in [-0.15, -0.1) is 11.8 Å². The topological polar surface area (TPSA) is 41.5 Å². The number of thioether (sulfide) groups is 1. The average Bonchev–Trinajstić information content (AvgIpc) is 2.65. The van der Waals surface area contributed by atoms with Gasteiger partial charge in [0.05, 0.1) is 11.5 Å². The first-order valence-corrected chi connectivity index (χ1v) is 8.82. The molecule has 0 unspecified atom stereocenters. The first kappa shape index (κ1) is 17.2. The lowest BCUT2D eigenvalue weighted by Crippen LogP contribution is -2.21. The predicted octanol–water partition coefficient (Wildman–Crippen LogP) is 4.61. The summed E-state index contributed by atoms with van der Waals surface area (Å²) >= 11 is 1.15. The zero-order chi connectivity index (χ0) is 17.6. The molecule has 0 saturated carbocycles. The first-order valence-electron chi connectivity index (χ1n) is 7.83. The standard InChI is InChI=1S/C20H17FN2OS/c1-14(16-11-10-15-6-2-3-7-17(15)12-16)22-23-20(24)13-25-19-9-5-4-8-18(19)21/h2-12H,13H2,1H3,(H,23,24)/b22-14-. The summed E-state index contributed by atoms with van der Waals surface area (Å²) in [4.78, 5) is 12.4. The van der Waals surface area contributed by atoms with Crippen LogP contribution in [-0.2, 0) is 4.79 Å². The Morgan fingerprint density at radius 3 is 2.56 bits per heavy atom. The molecule has 0 atom stereocenters. The largest absolute Gasteiger partial charge is 0.272 e. The normalized spacial score (nSPS) is 11.5. The Labute approximate surface area is 149 Å². The van der Waals surface area contributed by atoms with Crippen molar-refractivity contribution in [2.45, 2.75) is 11.8 Å². The van der Waals surface area contributed by atoms with Gasteiger partial charge >= 0.3 is 0 Å². The van der Waals surface area contributed by atoms with Gasteiger partial charge in [0.15, 0.2) is 0 Å². The van der Waals surface area contributed by atoms with Crippen molar-refractivity contribution in [1.82, 2.24) is 5.43 Å². The lowest BCUT2D eigenvalue weighted by Gasteiger charge is -2.05. The maximum absolute atomic E-state index is 13.5. The molecule has 3 nitrogen and oxygen atoms in total. The Morgan fingerprint density at radius 2 is 1.76 bits per heavy atom. The van der Waals surface area contributed by atoms with Crippen LogP contribution in [0, 0.1) is 5.82 Å². The summed E-state index contributed by atoms with van der Waals surface area (Å²) in [5.41, 5.74) is 4.19. The lowest BCUT2D eigenvalue weighted by molar-refractivity contribution is -0.118. The molecular formula is C20H17FN2OS. The minimum absolute atomic E-state index is 0.107. The van der Waals surface area contributed by atoms with Crippen molar-refractivity contribution in [1.29, 1.82) is 0 Å². The quantitative estimate of drug-likeness (QED) is 0.414. The van der Waals surface area contributed by atoms with Crippen LogP contribution in [0.5, 0.6) is 0 Å². The summed E-state index contributed by atoms with van der Waals surface area (Å²) in [7, 11) is 0. The number of amides is 1. The molecule has 3 aromatic rings. The number of hydrazone groups is 1. The minimum Gasteiger partial charge on any atom is -0.272 e. The van der Waals surface area contributed by atoms with Crippen LogP contribution < -0.4 is 5.43 Å². The summed E-state index contributed by atoms with van der Waals surface area (Å²) in [5, 5.41) is 6.42. The van der Waals surface area contributed by atoms with Gasteiger partial charge in [-0.05, 0) is 41.5 Å². The number of hydrogen-bond acceptors (Lipinski definition) is 3. The highest BCUT2D eigenvalue weighted by atomic mass is 32.2. The summed E-state index contributed by atoms with van der Waals surface area (Å²) in [5.74, 6) is -0.486. The molecule has 126 valence electrons. The molecule has 0 saturated heterocycles. The van der Waals surface area contributed by atoms with E-state index >= 15 is 0 Å². The summed E-state index contributed by atoms with van der Waals surface area (Å²) in [6.45, 7) is 1.84. The van der Waals surface area contributed by atoms with Crippen molar-refractivity contribution in [2.75, 3.05) is 5.75 Å². The van der Waals surface area contributed by atoms with Gasteiger partial charge in [-0.25, -0.2) is 9.82 Å². The Balaban J connectivity index is 1.62. The number of benzene rings is 3. The number of rotatable bonds is 5. The number of nitrogens with one attached hydrogen (secondary N) is 1. The Hall–Kier alpha value is -2.66. The zero-order valence-electron chi connectivity index (χ0n) is 13.7. The van der Waals surface area contributed by atoms with E-state index in [1.807, 2.05) is 49.4 Å². The van der Waals surface area contributed by atoms with E-state index in [-0.39, 0.29) is 17.5 Å². The third kappa shape index (κ3) is 4.45. The SMILES string of the molecule is C/C(=N/NC(=O)CSc1ccccc1F)c1ccc2ccccc2c1. The average molecular weight is 352 g/mol. The maximum atomic E-state index is 13.5. The number of nitrogens with zero attached hydrogens (tertiary/aromatic N) is 1. The minimum atomic E-state index is -0.323. The molecule has 0 radical (unpaired) electrons. The molecule has 0 fully saturated rings. The van der Waals surface area contributed by atoms with Crippen molar-refractivity contribution in [3.8, 4) is 0 Å². The van der Waals surface area contributed by atoms with Crippen molar-refractivity contribution in [3.63, 3.8) is 0 Å². The number of fused-ring (bicyclic) bond motifs is 1. The molecule has 0 heterocycles. The summed E-state index contributed by atoms with van der Waals surface area (Å²) < 4.78 is 13.5. The predicted molar refractivity (Wildman–Crippen MR) is 101 cm³/mol. The van der Waals surface area contributed by atoms with E-state index in [0.717, 1.165) is 33.8 Å². The van der Waals surface area contributed by atoms with E-state index < -0.39 is 0 Å². The van der Waals surface area contributed by atoms with Crippen LogP contribution in [0.1, 0.15) is 12.5 Å². The molecule has 3 rings (SSSR count). The van der Waals surface area contributed by atoms with Gasteiger partial charge in [-0.2, -0.15) is 5.10 Å². The van der Waals surface area contributed by atoms with E-state index in [1.54, 1.807) is 18.2 Å². The van der Waals surface area contributed by atoms with Crippen LogP contribution in [0.3, 0.4) is 0 Å². The number of halogens is 1. The van der Waals surface area contributed by atoms with E-state index in [4.69, 9.17) is 0 Å². The second kappa shape index (κ2) is 7.94. The van der Waals surface area contributed by atoms with Crippen molar-refractivity contribution in [3.05, 3.63) is 78.1 Å². The number of carbonyl (C=O) groups is 1. The Kier molecular flexibility index (Phi) is 5.46. The van der Waals surface area contributed by atoms with Crippen LogP contribution in [0.2, 0.25) is 0 Å². The van der Waals surface area contributed by atoms with Crippen molar-refractivity contribution < 1.29 is 9.18 Å². The fourth-order valence-electron chi connectivity index (χ4n) is 2.36. The highest BCUT2D eigenvalue weighted by molar-refractivity contribution is 8.00. The molecule has 0 bridgehead atoms. The van der Waals surface area contributed by atoms with E-state index in [0.29, 0.717) is 4.90 Å². The molecule has 3 aromatic carbocycles. The maximum Gasteiger partial charge on any atom is 0.250 e. The van der Waals surface area contributed by atoms with Gasteiger partial charge in [-0.1, -0.05) is 48.5 Å².